The Morgan fingerprint density at radius 1 is 0.806 bits per heavy atom. The molecule has 0 atom stereocenters. The second-order valence-electron chi connectivity index (χ2n) is 7.42. The predicted octanol–water partition coefficient (Wildman–Crippen LogP) is 4.87. The molecule has 7 nitrogen and oxygen atoms in total. The number of nitrogens with zero attached hydrogens (tertiary/aromatic N) is 7. The average molecular weight is 424 g/mol. The summed E-state index contributed by atoms with van der Waals surface area (Å²) in [6, 6.07) is 22.7. The Balaban J connectivity index is 1.47. The molecule has 6 rings (SSSR count). The average Bonchev–Trinajstić information content (AvgIpc) is 3.48. The maximum absolute atomic E-state index is 4.84. The van der Waals surface area contributed by atoms with Crippen LogP contribution in [0.25, 0.3) is 43.5 Å². The number of benzene rings is 3. The smallest absolute Gasteiger partial charge is 0.217 e. The maximum atomic E-state index is 4.84. The van der Waals surface area contributed by atoms with Gasteiger partial charge in [0, 0.05) is 5.56 Å². The Morgan fingerprint density at radius 3 is 2.48 bits per heavy atom. The van der Waals surface area contributed by atoms with E-state index in [-0.39, 0.29) is 0 Å². The summed E-state index contributed by atoms with van der Waals surface area (Å²) < 4.78 is 3.58. The minimum atomic E-state index is 0.591. The second kappa shape index (κ2) is 6.82. The van der Waals surface area contributed by atoms with Gasteiger partial charge < -0.3 is 0 Å². The number of fused-ring (bicyclic) bond motifs is 2. The summed E-state index contributed by atoms with van der Waals surface area (Å²) in [4.78, 5) is 0.724. The maximum Gasteiger partial charge on any atom is 0.235 e. The molecule has 0 fully saturated rings. The van der Waals surface area contributed by atoms with Gasteiger partial charge in [0.05, 0.1) is 11.4 Å². The van der Waals surface area contributed by atoms with E-state index in [1.54, 1.807) is 4.52 Å². The number of aryl methyl sites for hydroxylation is 1. The second-order valence-corrected chi connectivity index (χ2v) is 8.38. The highest BCUT2D eigenvalue weighted by molar-refractivity contribution is 7.20. The first kappa shape index (κ1) is 17.9. The first-order valence-corrected chi connectivity index (χ1v) is 10.7. The molecule has 3 aromatic carbocycles. The van der Waals surface area contributed by atoms with E-state index in [1.165, 1.54) is 22.3 Å². The van der Waals surface area contributed by atoms with Gasteiger partial charge in [-0.15, -0.1) is 15.3 Å². The van der Waals surface area contributed by atoms with Crippen LogP contribution >= 0.6 is 11.3 Å². The van der Waals surface area contributed by atoms with Gasteiger partial charge >= 0.3 is 0 Å². The van der Waals surface area contributed by atoms with E-state index in [2.05, 4.69) is 69.9 Å². The zero-order valence-corrected chi connectivity index (χ0v) is 17.7. The van der Waals surface area contributed by atoms with Gasteiger partial charge in [0.15, 0.2) is 5.69 Å². The molecule has 0 amide bonds. The van der Waals surface area contributed by atoms with Crippen LogP contribution in [0.3, 0.4) is 0 Å². The molecule has 0 unspecified atom stereocenters. The molecule has 3 aromatic heterocycles. The molecule has 0 saturated heterocycles. The minimum Gasteiger partial charge on any atom is -0.217 e. The van der Waals surface area contributed by atoms with Crippen molar-refractivity contribution in [1.82, 2.24) is 34.8 Å². The lowest BCUT2D eigenvalue weighted by Crippen LogP contribution is -1.99. The van der Waals surface area contributed by atoms with Crippen molar-refractivity contribution in [1.29, 1.82) is 0 Å². The van der Waals surface area contributed by atoms with Crippen molar-refractivity contribution < 1.29 is 0 Å². The molecule has 6 aromatic rings. The van der Waals surface area contributed by atoms with Crippen LogP contribution in [0.5, 0.6) is 0 Å². The van der Waals surface area contributed by atoms with Crippen LogP contribution in [0.1, 0.15) is 11.3 Å². The minimum absolute atomic E-state index is 0.591. The molecule has 0 aliphatic rings. The molecule has 0 aliphatic carbocycles. The van der Waals surface area contributed by atoms with Crippen molar-refractivity contribution in [2.75, 3.05) is 0 Å². The summed E-state index contributed by atoms with van der Waals surface area (Å²) in [5.41, 5.74) is 4.79. The summed E-state index contributed by atoms with van der Waals surface area (Å²) in [7, 11) is 0. The summed E-state index contributed by atoms with van der Waals surface area (Å²) in [5, 5.41) is 25.5. The molecule has 3 heterocycles. The molecule has 0 N–H and O–H groups in total. The highest BCUT2D eigenvalue weighted by Gasteiger charge is 2.21. The molecule has 0 spiro atoms. The Kier molecular flexibility index (Phi) is 3.94. The van der Waals surface area contributed by atoms with Gasteiger partial charge in [0.25, 0.3) is 0 Å². The fourth-order valence-electron chi connectivity index (χ4n) is 3.75. The zero-order chi connectivity index (χ0) is 20.9. The van der Waals surface area contributed by atoms with Crippen LogP contribution in [0.4, 0.5) is 0 Å². The number of hydrogen-bond acceptors (Lipinski definition) is 6. The van der Waals surface area contributed by atoms with E-state index in [0.29, 0.717) is 11.5 Å². The van der Waals surface area contributed by atoms with E-state index >= 15 is 0 Å². The van der Waals surface area contributed by atoms with Crippen molar-refractivity contribution in [2.24, 2.45) is 0 Å². The van der Waals surface area contributed by atoms with Crippen molar-refractivity contribution in [3.05, 3.63) is 78.0 Å². The lowest BCUT2D eigenvalue weighted by molar-refractivity contribution is 0.785. The Labute approximate surface area is 181 Å². The quantitative estimate of drug-likeness (QED) is 0.406. The summed E-state index contributed by atoms with van der Waals surface area (Å²) in [6.45, 7) is 4.04. The van der Waals surface area contributed by atoms with Gasteiger partial charge in [-0.3, -0.25) is 0 Å². The molecule has 0 bridgehead atoms. The highest BCUT2D eigenvalue weighted by Crippen LogP contribution is 2.33. The molecule has 150 valence electrons. The van der Waals surface area contributed by atoms with Crippen molar-refractivity contribution >= 4 is 27.1 Å². The molecule has 0 saturated carbocycles. The molecule has 31 heavy (non-hydrogen) atoms. The van der Waals surface area contributed by atoms with Crippen LogP contribution in [0.2, 0.25) is 0 Å². The van der Waals surface area contributed by atoms with Crippen LogP contribution in [0, 0.1) is 13.8 Å². The van der Waals surface area contributed by atoms with E-state index in [0.717, 1.165) is 32.3 Å². The summed E-state index contributed by atoms with van der Waals surface area (Å²) in [5.74, 6) is 0.591. The third kappa shape index (κ3) is 2.83. The molecular formula is C23H17N7S. The summed E-state index contributed by atoms with van der Waals surface area (Å²) in [6.07, 6.45) is 0. The topological polar surface area (TPSA) is 73.8 Å². The van der Waals surface area contributed by atoms with Crippen LogP contribution in [-0.4, -0.2) is 34.8 Å². The first-order chi connectivity index (χ1) is 15.2. The standard InChI is InChI=1S/C23H17N7S/c1-14-10-12-17(13-11-14)29-15(2)20(24-28-29)21-25-26-23-30(21)27-22(31-23)19-9-5-7-16-6-3-4-8-18(16)19/h3-13H,1-2H3. The molecule has 0 radical (unpaired) electrons. The highest BCUT2D eigenvalue weighted by atomic mass is 32.1. The Bertz CT molecular complexity index is 1550. The summed E-state index contributed by atoms with van der Waals surface area (Å²) >= 11 is 1.51. The fraction of sp³-hybridized carbons (Fsp3) is 0.0870. The molecule has 8 heteroatoms. The lowest BCUT2D eigenvalue weighted by atomic mass is 10.1. The van der Waals surface area contributed by atoms with Crippen molar-refractivity contribution in [3.63, 3.8) is 0 Å². The van der Waals surface area contributed by atoms with E-state index in [4.69, 9.17) is 5.10 Å². The van der Waals surface area contributed by atoms with E-state index < -0.39 is 0 Å². The molecular weight excluding hydrogens is 406 g/mol. The van der Waals surface area contributed by atoms with Crippen molar-refractivity contribution in [3.8, 4) is 27.8 Å². The molecule has 0 aliphatic heterocycles. The first-order valence-electron chi connectivity index (χ1n) is 9.89. The van der Waals surface area contributed by atoms with Crippen LogP contribution in [0.15, 0.2) is 66.7 Å². The number of rotatable bonds is 3. The monoisotopic (exact) mass is 423 g/mol. The van der Waals surface area contributed by atoms with Gasteiger partial charge in [-0.2, -0.15) is 9.61 Å². The fourth-order valence-corrected chi connectivity index (χ4v) is 4.63. The Hall–Kier alpha value is -3.91. The largest absolute Gasteiger partial charge is 0.235 e. The third-order valence-electron chi connectivity index (χ3n) is 5.40. The number of hydrogen-bond donors (Lipinski definition) is 0. The van der Waals surface area contributed by atoms with E-state index in [1.807, 2.05) is 35.9 Å². The van der Waals surface area contributed by atoms with Crippen molar-refractivity contribution in [2.45, 2.75) is 13.8 Å². The van der Waals surface area contributed by atoms with Gasteiger partial charge in [-0.05, 0) is 36.8 Å². The lowest BCUT2D eigenvalue weighted by Gasteiger charge is -2.03. The predicted molar refractivity (Wildman–Crippen MR) is 121 cm³/mol. The van der Waals surface area contributed by atoms with Gasteiger partial charge in [0.1, 0.15) is 5.01 Å². The van der Waals surface area contributed by atoms with Gasteiger partial charge in [-0.25, -0.2) is 4.68 Å². The van der Waals surface area contributed by atoms with Crippen LogP contribution < -0.4 is 0 Å². The zero-order valence-electron chi connectivity index (χ0n) is 16.9. The van der Waals surface area contributed by atoms with Gasteiger partial charge in [0.2, 0.25) is 10.8 Å². The SMILES string of the molecule is Cc1ccc(-n2nnc(-c3nnc4sc(-c5cccc6ccccc56)nn34)c2C)cc1. The van der Waals surface area contributed by atoms with Crippen LogP contribution in [-0.2, 0) is 0 Å². The normalized spacial score (nSPS) is 11.5. The van der Waals surface area contributed by atoms with E-state index in [9.17, 15) is 0 Å². The van der Waals surface area contributed by atoms with Gasteiger partial charge in [-0.1, -0.05) is 76.7 Å². The number of aromatic nitrogens is 7. The third-order valence-corrected chi connectivity index (χ3v) is 6.33. The Morgan fingerprint density at radius 2 is 1.61 bits per heavy atom.